The summed E-state index contributed by atoms with van der Waals surface area (Å²) in [5.74, 6) is -2.00. The third-order valence-corrected chi connectivity index (χ3v) is 6.98. The first kappa shape index (κ1) is 30.1. The standard InChI is InChI=1S/C32H36F2N2O5/c1-21(37)35-27(17-22-15-25(33)18-26(34)16-22)29(38)28-19-40-32(23-11-7-5-8-12-23,24-13-9-6-10-14-24)20-36(28)30(39)41-31(2,3)4/h5-16,18,27-29,38H,17,19-20H2,1-4H3,(H,35,37)/t27-,28+,29-/m0/s1. The van der Waals surface area contributed by atoms with Crippen LogP contribution >= 0.6 is 0 Å². The Balaban J connectivity index is 1.75. The Hall–Kier alpha value is -3.82. The van der Waals surface area contributed by atoms with Crippen LogP contribution in [0.25, 0.3) is 0 Å². The van der Waals surface area contributed by atoms with Crippen LogP contribution in [0.4, 0.5) is 13.6 Å². The molecular weight excluding hydrogens is 530 g/mol. The van der Waals surface area contributed by atoms with Crippen molar-refractivity contribution in [1.29, 1.82) is 0 Å². The summed E-state index contributed by atoms with van der Waals surface area (Å²) >= 11 is 0. The van der Waals surface area contributed by atoms with Crippen LogP contribution in [-0.4, -0.2) is 58.9 Å². The van der Waals surface area contributed by atoms with Crippen LogP contribution in [0, 0.1) is 11.6 Å². The number of aliphatic hydroxyl groups is 1. The minimum absolute atomic E-state index is 0.000941. The maximum Gasteiger partial charge on any atom is 0.410 e. The van der Waals surface area contributed by atoms with E-state index >= 15 is 0 Å². The van der Waals surface area contributed by atoms with Gasteiger partial charge in [-0.25, -0.2) is 13.6 Å². The maximum atomic E-state index is 14.0. The molecule has 1 fully saturated rings. The number of hydrogen-bond acceptors (Lipinski definition) is 5. The third-order valence-electron chi connectivity index (χ3n) is 6.98. The van der Waals surface area contributed by atoms with Gasteiger partial charge in [-0.1, -0.05) is 60.7 Å². The molecule has 0 saturated carbocycles. The molecule has 2 N–H and O–H groups in total. The first-order chi connectivity index (χ1) is 19.4. The van der Waals surface area contributed by atoms with Crippen molar-refractivity contribution in [3.8, 4) is 0 Å². The first-order valence-corrected chi connectivity index (χ1v) is 13.5. The van der Waals surface area contributed by atoms with E-state index in [0.717, 1.165) is 29.3 Å². The molecule has 0 unspecified atom stereocenters. The fourth-order valence-corrected chi connectivity index (χ4v) is 5.22. The summed E-state index contributed by atoms with van der Waals surface area (Å²) in [6, 6.07) is 20.0. The van der Waals surface area contributed by atoms with E-state index < -0.39 is 53.0 Å². The van der Waals surface area contributed by atoms with E-state index in [-0.39, 0.29) is 25.1 Å². The summed E-state index contributed by atoms with van der Waals surface area (Å²) in [6.45, 7) is 6.41. The molecule has 0 radical (unpaired) electrons. The van der Waals surface area contributed by atoms with Gasteiger partial charge in [-0.15, -0.1) is 0 Å². The minimum atomic E-state index is -1.37. The molecule has 0 aliphatic carbocycles. The number of halogens is 2. The molecule has 41 heavy (non-hydrogen) atoms. The van der Waals surface area contributed by atoms with E-state index in [0.29, 0.717) is 0 Å². The lowest BCUT2D eigenvalue weighted by molar-refractivity contribution is -0.143. The fraction of sp³-hybridized carbons (Fsp3) is 0.375. The van der Waals surface area contributed by atoms with E-state index in [9.17, 15) is 23.5 Å². The lowest BCUT2D eigenvalue weighted by atomic mass is 9.83. The number of aliphatic hydroxyl groups excluding tert-OH is 1. The van der Waals surface area contributed by atoms with Crippen LogP contribution in [0.1, 0.15) is 44.4 Å². The second kappa shape index (κ2) is 12.4. The zero-order chi connectivity index (χ0) is 29.8. The summed E-state index contributed by atoms with van der Waals surface area (Å²) in [7, 11) is 0. The smallest absolute Gasteiger partial charge is 0.410 e. The molecule has 1 aliphatic rings. The van der Waals surface area contributed by atoms with Gasteiger partial charge in [0.25, 0.3) is 0 Å². The van der Waals surface area contributed by atoms with Gasteiger partial charge in [-0.3, -0.25) is 9.69 Å². The average Bonchev–Trinajstić information content (AvgIpc) is 2.91. The SMILES string of the molecule is CC(=O)N[C@@H](Cc1cc(F)cc(F)c1)[C@H](O)[C@H]1COC(c2ccccc2)(c2ccccc2)CN1C(=O)OC(C)(C)C. The van der Waals surface area contributed by atoms with E-state index in [1.54, 1.807) is 20.8 Å². The highest BCUT2D eigenvalue weighted by Gasteiger charge is 2.49. The number of benzene rings is 3. The van der Waals surface area contributed by atoms with Crippen LogP contribution in [0.15, 0.2) is 78.9 Å². The average molecular weight is 567 g/mol. The molecular formula is C32H36F2N2O5. The Morgan fingerprint density at radius 1 is 1.02 bits per heavy atom. The number of hydrogen-bond donors (Lipinski definition) is 2. The Morgan fingerprint density at radius 3 is 2.05 bits per heavy atom. The van der Waals surface area contributed by atoms with Crippen LogP contribution in [0.5, 0.6) is 0 Å². The summed E-state index contributed by atoms with van der Waals surface area (Å²) < 4.78 is 40.3. The second-order valence-corrected chi connectivity index (χ2v) is 11.3. The van der Waals surface area contributed by atoms with Crippen LogP contribution < -0.4 is 5.32 Å². The lowest BCUT2D eigenvalue weighted by Crippen LogP contribution is -2.64. The number of ether oxygens (including phenoxy) is 2. The molecule has 3 atom stereocenters. The zero-order valence-electron chi connectivity index (χ0n) is 23.6. The normalized spacial score (nSPS) is 18.3. The molecule has 0 bridgehead atoms. The van der Waals surface area contributed by atoms with Crippen molar-refractivity contribution in [2.45, 2.75) is 63.5 Å². The van der Waals surface area contributed by atoms with Crippen molar-refractivity contribution in [2.75, 3.05) is 13.2 Å². The molecule has 1 heterocycles. The molecule has 2 amide bonds. The molecule has 9 heteroatoms. The van der Waals surface area contributed by atoms with Gasteiger partial charge in [-0.2, -0.15) is 0 Å². The number of nitrogens with one attached hydrogen (secondary N) is 1. The van der Waals surface area contributed by atoms with Gasteiger partial charge in [0.2, 0.25) is 5.91 Å². The number of morpholine rings is 1. The van der Waals surface area contributed by atoms with Gasteiger partial charge >= 0.3 is 6.09 Å². The summed E-state index contributed by atoms with van der Waals surface area (Å²) in [6.07, 6.45) is -2.13. The topological polar surface area (TPSA) is 88.1 Å². The van der Waals surface area contributed by atoms with Crippen molar-refractivity contribution >= 4 is 12.0 Å². The number of carbonyl (C=O) groups excluding carboxylic acids is 2. The van der Waals surface area contributed by atoms with E-state index in [4.69, 9.17) is 9.47 Å². The molecule has 4 rings (SSSR count). The van der Waals surface area contributed by atoms with Gasteiger partial charge in [0.1, 0.15) is 22.8 Å². The quantitative estimate of drug-likeness (QED) is 0.423. The van der Waals surface area contributed by atoms with Gasteiger partial charge in [0.15, 0.2) is 0 Å². The zero-order valence-corrected chi connectivity index (χ0v) is 23.6. The maximum absolute atomic E-state index is 14.0. The third kappa shape index (κ3) is 7.28. The molecule has 0 aromatic heterocycles. The number of carbonyl (C=O) groups is 2. The monoisotopic (exact) mass is 566 g/mol. The van der Waals surface area contributed by atoms with Crippen molar-refractivity contribution in [1.82, 2.24) is 10.2 Å². The van der Waals surface area contributed by atoms with E-state index in [1.165, 1.54) is 11.8 Å². The Morgan fingerprint density at radius 2 is 1.56 bits per heavy atom. The van der Waals surface area contributed by atoms with Crippen LogP contribution in [0.2, 0.25) is 0 Å². The van der Waals surface area contributed by atoms with Crippen molar-refractivity contribution < 1.29 is 33.0 Å². The number of amides is 2. The number of nitrogens with zero attached hydrogens (tertiary/aromatic N) is 1. The molecule has 1 saturated heterocycles. The summed E-state index contributed by atoms with van der Waals surface area (Å²) in [4.78, 5) is 27.3. The van der Waals surface area contributed by atoms with E-state index in [1.807, 2.05) is 60.7 Å². The van der Waals surface area contributed by atoms with Crippen molar-refractivity contribution in [3.63, 3.8) is 0 Å². The Bertz CT molecular complexity index is 1290. The fourth-order valence-electron chi connectivity index (χ4n) is 5.22. The Labute approximate surface area is 239 Å². The first-order valence-electron chi connectivity index (χ1n) is 13.5. The summed E-state index contributed by atoms with van der Waals surface area (Å²) in [5.41, 5.74) is -0.0555. The Kier molecular flexibility index (Phi) is 9.09. The molecule has 0 spiro atoms. The molecule has 3 aromatic rings. The predicted molar refractivity (Wildman–Crippen MR) is 150 cm³/mol. The molecule has 1 aliphatic heterocycles. The molecule has 218 valence electrons. The largest absolute Gasteiger partial charge is 0.444 e. The number of rotatable bonds is 7. The lowest BCUT2D eigenvalue weighted by Gasteiger charge is -2.49. The van der Waals surface area contributed by atoms with Gasteiger partial charge in [-0.05, 0) is 56.0 Å². The molecule has 7 nitrogen and oxygen atoms in total. The van der Waals surface area contributed by atoms with Crippen molar-refractivity contribution in [3.05, 3.63) is 107 Å². The van der Waals surface area contributed by atoms with E-state index in [2.05, 4.69) is 5.32 Å². The summed E-state index contributed by atoms with van der Waals surface area (Å²) in [5, 5.41) is 14.4. The van der Waals surface area contributed by atoms with Crippen LogP contribution in [0.3, 0.4) is 0 Å². The highest BCUT2D eigenvalue weighted by Crippen LogP contribution is 2.39. The molecule has 3 aromatic carbocycles. The van der Waals surface area contributed by atoms with Crippen molar-refractivity contribution in [2.24, 2.45) is 0 Å². The van der Waals surface area contributed by atoms with Gasteiger partial charge in [0.05, 0.1) is 31.3 Å². The van der Waals surface area contributed by atoms with Gasteiger partial charge in [0, 0.05) is 13.0 Å². The second-order valence-electron chi connectivity index (χ2n) is 11.3. The van der Waals surface area contributed by atoms with Crippen LogP contribution in [-0.2, 0) is 26.3 Å². The highest BCUT2D eigenvalue weighted by molar-refractivity contribution is 5.73. The highest BCUT2D eigenvalue weighted by atomic mass is 19.1. The minimum Gasteiger partial charge on any atom is -0.444 e. The van der Waals surface area contributed by atoms with Gasteiger partial charge < -0.3 is 19.9 Å². The predicted octanol–water partition coefficient (Wildman–Crippen LogP) is 4.95.